The van der Waals surface area contributed by atoms with Gasteiger partial charge in [0.15, 0.2) is 11.3 Å². The molecule has 1 unspecified atom stereocenters. The Bertz CT molecular complexity index is 2130. The van der Waals surface area contributed by atoms with Crippen LogP contribution in [-0.2, 0) is 16.9 Å². The van der Waals surface area contributed by atoms with Crippen molar-refractivity contribution in [1.29, 1.82) is 10.5 Å². The van der Waals surface area contributed by atoms with Crippen LogP contribution in [0.2, 0.25) is 0 Å². The summed E-state index contributed by atoms with van der Waals surface area (Å²) in [6.45, 7) is 14.2. The lowest BCUT2D eigenvalue weighted by Crippen LogP contribution is -2.25. The number of nitrogens with zero attached hydrogens (tertiary/aromatic N) is 4. The van der Waals surface area contributed by atoms with Gasteiger partial charge in [-0.2, -0.15) is 10.5 Å². The number of ether oxygens (including phenoxy) is 2. The summed E-state index contributed by atoms with van der Waals surface area (Å²) in [6.07, 6.45) is 11.5. The summed E-state index contributed by atoms with van der Waals surface area (Å²) in [5.41, 5.74) is 2.39. The van der Waals surface area contributed by atoms with E-state index in [1.807, 2.05) is 72.8 Å². The molecule has 3 aromatic carbocycles. The molecule has 0 saturated carbocycles. The first kappa shape index (κ1) is 38.3. The largest absolute Gasteiger partial charge is 0.488 e. The molecule has 1 aliphatic heterocycles. The second-order valence-corrected chi connectivity index (χ2v) is 13.8. The van der Waals surface area contributed by atoms with Crippen molar-refractivity contribution < 1.29 is 19.0 Å². The first-order chi connectivity index (χ1) is 25.8. The van der Waals surface area contributed by atoms with E-state index in [1.165, 1.54) is 12.1 Å². The summed E-state index contributed by atoms with van der Waals surface area (Å²) in [4.78, 5) is 7.90. The summed E-state index contributed by atoms with van der Waals surface area (Å²) >= 11 is 1.54. The van der Waals surface area contributed by atoms with Crippen LogP contribution in [0.1, 0.15) is 66.0 Å². The number of anilines is 1. The first-order valence-electron chi connectivity index (χ1n) is 17.6. The van der Waals surface area contributed by atoms with Crippen molar-refractivity contribution in [3.63, 3.8) is 0 Å². The van der Waals surface area contributed by atoms with Gasteiger partial charge in [-0.1, -0.05) is 61.9 Å². The molecule has 7 nitrogen and oxygen atoms in total. The Labute approximate surface area is 315 Å². The third-order valence-electron chi connectivity index (χ3n) is 8.93. The van der Waals surface area contributed by atoms with Gasteiger partial charge in [0.1, 0.15) is 35.9 Å². The number of allylic oxidation sites excluding steroid dienone is 1. The van der Waals surface area contributed by atoms with Crippen molar-refractivity contribution in [2.24, 2.45) is 0 Å². The van der Waals surface area contributed by atoms with Crippen LogP contribution in [-0.4, -0.2) is 24.8 Å². The van der Waals surface area contributed by atoms with E-state index < -0.39 is 11.4 Å². The molecule has 2 heterocycles. The Morgan fingerprint density at radius 2 is 1.68 bits per heavy atom. The highest BCUT2D eigenvalue weighted by Crippen LogP contribution is 2.48. The average molecular weight is 725 g/mol. The maximum Gasteiger partial charge on any atom is 0.237 e. The second kappa shape index (κ2) is 18.5. The third kappa shape index (κ3) is 9.50. The molecule has 1 aliphatic rings. The highest BCUT2D eigenvalue weighted by molar-refractivity contribution is 7.13. The van der Waals surface area contributed by atoms with Gasteiger partial charge in [0.2, 0.25) is 5.70 Å². The van der Waals surface area contributed by atoms with E-state index in [4.69, 9.17) is 16.0 Å². The SMILES string of the molecule is [C-]#[N+]C1=C(/C=C/c2ccc(/C=C/c3ccc(N(CCCC)CCCCO)cc3OCc3ccccc3)s2)C(C)(c2cccc(F)c2)OC1=C(C#N)C#N. The van der Waals surface area contributed by atoms with E-state index in [1.54, 1.807) is 36.5 Å². The number of benzene rings is 3. The smallest absolute Gasteiger partial charge is 0.237 e. The van der Waals surface area contributed by atoms with E-state index in [0.717, 1.165) is 71.1 Å². The standard InChI is InChI=1S/C44H41FN4O3S/c1-4-5-24-49(25-9-10-26-50)37-18-16-33(41(28-37)51-31-32-12-7-6-8-13-32)17-19-38-20-21-39(53-38)22-23-40-42(48-3)43(34(29-46)30-47)52-44(40,2)35-14-11-15-36(45)27-35/h6-8,11-23,27-28,50H,4-5,9-10,24-26,31H2,1-2H3/b19-17+,23-22+. The van der Waals surface area contributed by atoms with Gasteiger partial charge in [-0.15, -0.1) is 11.3 Å². The van der Waals surface area contributed by atoms with E-state index in [9.17, 15) is 20.0 Å². The number of aliphatic hydroxyl groups excluding tert-OH is 1. The van der Waals surface area contributed by atoms with Crippen LogP contribution in [0, 0.1) is 35.1 Å². The molecule has 268 valence electrons. The molecule has 0 fully saturated rings. The van der Waals surface area contributed by atoms with Gasteiger partial charge in [0.05, 0.1) is 6.57 Å². The third-order valence-corrected chi connectivity index (χ3v) is 9.95. The molecule has 1 atom stereocenters. The monoisotopic (exact) mass is 724 g/mol. The van der Waals surface area contributed by atoms with Gasteiger partial charge in [-0.3, -0.25) is 0 Å². The van der Waals surface area contributed by atoms with Gasteiger partial charge >= 0.3 is 0 Å². The van der Waals surface area contributed by atoms with Crippen LogP contribution < -0.4 is 9.64 Å². The zero-order valence-electron chi connectivity index (χ0n) is 29.9. The highest BCUT2D eigenvalue weighted by Gasteiger charge is 2.44. The molecule has 0 spiro atoms. The predicted molar refractivity (Wildman–Crippen MR) is 210 cm³/mol. The van der Waals surface area contributed by atoms with Crippen LogP contribution >= 0.6 is 11.3 Å². The number of hydrogen-bond donors (Lipinski definition) is 1. The molecule has 4 aromatic rings. The predicted octanol–water partition coefficient (Wildman–Crippen LogP) is 10.4. The first-order valence-corrected chi connectivity index (χ1v) is 18.4. The molecule has 53 heavy (non-hydrogen) atoms. The topological polar surface area (TPSA) is 93.9 Å². The van der Waals surface area contributed by atoms with Crippen molar-refractivity contribution in [3.8, 4) is 17.9 Å². The number of unbranched alkanes of at least 4 members (excludes halogenated alkanes) is 2. The summed E-state index contributed by atoms with van der Waals surface area (Å²) in [6, 6.07) is 29.9. The molecule has 0 amide bonds. The minimum Gasteiger partial charge on any atom is -0.488 e. The maximum absolute atomic E-state index is 14.3. The molecule has 0 saturated heterocycles. The summed E-state index contributed by atoms with van der Waals surface area (Å²) < 4.78 is 26.9. The Hall–Kier alpha value is -5.92. The second-order valence-electron chi connectivity index (χ2n) is 12.6. The number of nitriles is 2. The minimum absolute atomic E-state index is 0.0379. The number of halogens is 1. The van der Waals surface area contributed by atoms with Crippen molar-refractivity contribution in [2.45, 2.75) is 51.7 Å². The molecule has 9 heteroatoms. The van der Waals surface area contributed by atoms with Crippen molar-refractivity contribution in [3.05, 3.63) is 157 Å². The lowest BCUT2D eigenvalue weighted by molar-refractivity contribution is 0.0752. The fourth-order valence-electron chi connectivity index (χ4n) is 6.04. The van der Waals surface area contributed by atoms with E-state index in [-0.39, 0.29) is 23.6 Å². The quantitative estimate of drug-likeness (QED) is 0.0702. The fourth-order valence-corrected chi connectivity index (χ4v) is 6.85. The van der Waals surface area contributed by atoms with Gasteiger partial charge in [-0.25, -0.2) is 9.24 Å². The number of rotatable bonds is 16. The van der Waals surface area contributed by atoms with Crippen molar-refractivity contribution in [2.75, 3.05) is 24.6 Å². The van der Waals surface area contributed by atoms with Crippen LogP contribution in [0.25, 0.3) is 23.1 Å². The Morgan fingerprint density at radius 3 is 2.36 bits per heavy atom. The summed E-state index contributed by atoms with van der Waals surface area (Å²) in [5, 5.41) is 28.5. The van der Waals surface area contributed by atoms with Gasteiger partial charge < -0.3 is 19.5 Å². The van der Waals surface area contributed by atoms with Crippen LogP contribution in [0.4, 0.5) is 10.1 Å². The van der Waals surface area contributed by atoms with Crippen molar-refractivity contribution in [1.82, 2.24) is 0 Å². The zero-order valence-corrected chi connectivity index (χ0v) is 30.7. The summed E-state index contributed by atoms with van der Waals surface area (Å²) in [7, 11) is 0. The molecule has 0 radical (unpaired) electrons. The average Bonchev–Trinajstić information content (AvgIpc) is 3.76. The fraction of sp³-hybridized carbons (Fsp3) is 0.250. The minimum atomic E-state index is -1.31. The molecular weight excluding hydrogens is 684 g/mol. The maximum atomic E-state index is 14.3. The lowest BCUT2D eigenvalue weighted by Gasteiger charge is -2.28. The molecule has 1 aromatic heterocycles. The number of hydrogen-bond acceptors (Lipinski definition) is 7. The van der Waals surface area contributed by atoms with Crippen LogP contribution in [0.15, 0.2) is 114 Å². The lowest BCUT2D eigenvalue weighted by atomic mass is 9.87. The van der Waals surface area contributed by atoms with Gasteiger partial charge in [0, 0.05) is 57.9 Å². The molecule has 0 aliphatic carbocycles. The van der Waals surface area contributed by atoms with Gasteiger partial charge in [0.25, 0.3) is 0 Å². The molecule has 0 bridgehead atoms. The van der Waals surface area contributed by atoms with Crippen molar-refractivity contribution >= 4 is 35.3 Å². The number of thiophene rings is 1. The molecule has 1 N–H and O–H groups in total. The molecule has 5 rings (SSSR count). The van der Waals surface area contributed by atoms with Crippen LogP contribution in [0.5, 0.6) is 5.75 Å². The van der Waals surface area contributed by atoms with Gasteiger partial charge in [-0.05, 0) is 86.4 Å². The Kier molecular flexibility index (Phi) is 13.4. The Balaban J connectivity index is 1.44. The Morgan fingerprint density at radius 1 is 0.943 bits per heavy atom. The normalized spacial score (nSPS) is 15.3. The van der Waals surface area contributed by atoms with E-state index >= 15 is 0 Å². The van der Waals surface area contributed by atoms with E-state index in [0.29, 0.717) is 17.7 Å². The van der Waals surface area contributed by atoms with E-state index in [2.05, 4.69) is 34.9 Å². The van der Waals surface area contributed by atoms with Crippen LogP contribution in [0.3, 0.4) is 0 Å². The number of aliphatic hydroxyl groups is 1. The highest BCUT2D eigenvalue weighted by atomic mass is 32.1. The molecular formula is C44H41FN4O3S. The zero-order chi connectivity index (χ0) is 37.6. The summed E-state index contributed by atoms with van der Waals surface area (Å²) in [5.74, 6) is 0.196.